The molecule has 7 heteroatoms. The number of rotatable bonds is 2. The molecule has 0 radical (unpaired) electrons. The first kappa shape index (κ1) is 20.4. The van der Waals surface area contributed by atoms with Crippen molar-refractivity contribution in [3.8, 4) is 11.8 Å². The number of hydrogen-bond acceptors (Lipinski definition) is 4. The molecule has 0 amide bonds. The molecule has 29 heavy (non-hydrogen) atoms. The van der Waals surface area contributed by atoms with Gasteiger partial charge in [0, 0.05) is 23.2 Å². The molecule has 0 aromatic heterocycles. The Morgan fingerprint density at radius 2 is 1.76 bits per heavy atom. The molecule has 4 nitrogen and oxygen atoms in total. The van der Waals surface area contributed by atoms with E-state index < -0.39 is 18.1 Å². The average Bonchev–Trinajstić information content (AvgIpc) is 2.72. The van der Waals surface area contributed by atoms with Crippen molar-refractivity contribution in [1.82, 2.24) is 5.32 Å². The molecule has 1 heterocycles. The van der Waals surface area contributed by atoms with Gasteiger partial charge in [-0.2, -0.15) is 13.2 Å². The largest absolute Gasteiger partial charge is 0.491 e. The molecule has 0 bridgehead atoms. The molecule has 1 aliphatic heterocycles. The number of carbonyl (C=O) groups is 2. The molecule has 0 atom stereocenters. The summed E-state index contributed by atoms with van der Waals surface area (Å²) < 4.78 is 41.6. The van der Waals surface area contributed by atoms with Crippen LogP contribution < -0.4 is 5.32 Å². The van der Waals surface area contributed by atoms with Crippen molar-refractivity contribution in [2.24, 2.45) is 0 Å². The number of benzene rings is 2. The molecular weight excluding hydrogens is 383 g/mol. The van der Waals surface area contributed by atoms with E-state index in [0.717, 1.165) is 11.1 Å². The van der Waals surface area contributed by atoms with Crippen LogP contribution in [0.3, 0.4) is 0 Å². The third-order valence-electron chi connectivity index (χ3n) is 4.20. The van der Waals surface area contributed by atoms with Crippen LogP contribution in [0.2, 0.25) is 0 Å². The highest BCUT2D eigenvalue weighted by molar-refractivity contribution is 6.02. The number of carbonyl (C=O) groups excluding carboxylic acids is 2. The Morgan fingerprint density at radius 1 is 1.00 bits per heavy atom. The van der Waals surface area contributed by atoms with Crippen molar-refractivity contribution in [2.45, 2.75) is 12.6 Å². The van der Waals surface area contributed by atoms with Crippen LogP contribution in [0.25, 0.3) is 5.57 Å². The van der Waals surface area contributed by atoms with Crippen LogP contribution in [-0.4, -0.2) is 31.2 Å². The van der Waals surface area contributed by atoms with Gasteiger partial charge in [-0.05, 0) is 42.8 Å². The maximum absolute atomic E-state index is 12.5. The minimum absolute atomic E-state index is 0.129. The van der Waals surface area contributed by atoms with Gasteiger partial charge in [0.25, 0.3) is 0 Å². The van der Waals surface area contributed by atoms with Crippen LogP contribution in [0.5, 0.6) is 0 Å². The third-order valence-corrected chi connectivity index (χ3v) is 4.20. The molecular formula is C22H16F3NO3. The summed E-state index contributed by atoms with van der Waals surface area (Å²) >= 11 is 0. The lowest BCUT2D eigenvalue weighted by Gasteiger charge is -2.18. The highest BCUT2D eigenvalue weighted by Gasteiger charge is 2.43. The Labute approximate surface area is 165 Å². The summed E-state index contributed by atoms with van der Waals surface area (Å²) in [4.78, 5) is 23.5. The fourth-order valence-corrected chi connectivity index (χ4v) is 2.88. The second-order valence-corrected chi connectivity index (χ2v) is 6.20. The smallest absolute Gasteiger partial charge is 0.383 e. The van der Waals surface area contributed by atoms with Gasteiger partial charge in [-0.25, -0.2) is 9.59 Å². The molecule has 0 spiro atoms. The number of hydrogen-bond donors (Lipinski definition) is 1. The predicted molar refractivity (Wildman–Crippen MR) is 101 cm³/mol. The van der Waals surface area contributed by atoms with Gasteiger partial charge in [0.15, 0.2) is 0 Å². The number of halogens is 3. The van der Waals surface area contributed by atoms with E-state index >= 15 is 0 Å². The van der Waals surface area contributed by atoms with Crippen LogP contribution >= 0.6 is 0 Å². The molecule has 148 valence electrons. The minimum Gasteiger partial charge on any atom is -0.383 e. The van der Waals surface area contributed by atoms with Gasteiger partial charge in [0.2, 0.25) is 0 Å². The summed E-state index contributed by atoms with van der Waals surface area (Å²) in [5.74, 6) is 2.06. The first-order chi connectivity index (χ1) is 13.9. The molecule has 0 aliphatic carbocycles. The van der Waals surface area contributed by atoms with Crippen molar-refractivity contribution in [3.05, 3.63) is 76.9 Å². The van der Waals surface area contributed by atoms with Crippen LogP contribution in [0.4, 0.5) is 13.2 Å². The molecule has 2 aromatic rings. The fraction of sp³-hybridized carbons (Fsp3) is 0.182. The Morgan fingerprint density at radius 3 is 2.41 bits per heavy atom. The van der Waals surface area contributed by atoms with Crippen molar-refractivity contribution < 1.29 is 27.5 Å². The first-order valence-electron chi connectivity index (χ1n) is 8.80. The summed E-state index contributed by atoms with van der Waals surface area (Å²) in [5, 5.41) is 3.13. The standard InChI is InChI=1S/C22H16F3NO3/c23-22(24,25)21(28)29-20(27)18-8-4-7-16(10-9-15-5-2-1-3-6-15)19(18)17-11-13-26-14-12-17/h1-8,11,26H,12-14H2. The van der Waals surface area contributed by atoms with Gasteiger partial charge >= 0.3 is 18.1 Å². The molecule has 1 N–H and O–H groups in total. The first-order valence-corrected chi connectivity index (χ1v) is 8.80. The lowest BCUT2D eigenvalue weighted by Crippen LogP contribution is -2.28. The summed E-state index contributed by atoms with van der Waals surface area (Å²) in [6, 6.07) is 13.6. The van der Waals surface area contributed by atoms with Gasteiger partial charge < -0.3 is 10.1 Å². The maximum atomic E-state index is 12.5. The molecule has 2 aromatic carbocycles. The van der Waals surface area contributed by atoms with Gasteiger partial charge in [-0.1, -0.05) is 42.2 Å². The average molecular weight is 399 g/mol. The van der Waals surface area contributed by atoms with Crippen LogP contribution in [0.1, 0.15) is 33.5 Å². The second-order valence-electron chi connectivity index (χ2n) is 6.20. The maximum Gasteiger partial charge on any atom is 0.491 e. The van der Waals surface area contributed by atoms with Crippen molar-refractivity contribution in [1.29, 1.82) is 0 Å². The Kier molecular flexibility index (Phi) is 6.15. The van der Waals surface area contributed by atoms with Crippen molar-refractivity contribution in [3.63, 3.8) is 0 Å². The molecule has 0 saturated carbocycles. The second kappa shape index (κ2) is 8.76. The molecule has 3 rings (SSSR count). The normalized spacial score (nSPS) is 13.7. The zero-order chi connectivity index (χ0) is 20.9. The Bertz CT molecular complexity index is 1020. The molecule has 0 saturated heterocycles. The van der Waals surface area contributed by atoms with E-state index in [-0.39, 0.29) is 5.56 Å². The summed E-state index contributed by atoms with van der Waals surface area (Å²) in [6.45, 7) is 1.19. The van der Waals surface area contributed by atoms with Gasteiger partial charge in [0.1, 0.15) is 0 Å². The lowest BCUT2D eigenvalue weighted by molar-refractivity contribution is -0.193. The molecule has 0 fully saturated rings. The summed E-state index contributed by atoms with van der Waals surface area (Å²) in [5.41, 5.74) is 2.23. The van der Waals surface area contributed by atoms with E-state index in [9.17, 15) is 22.8 Å². The third kappa shape index (κ3) is 5.12. The van der Waals surface area contributed by atoms with Gasteiger partial charge in [0.05, 0.1) is 5.56 Å². The highest BCUT2D eigenvalue weighted by Crippen LogP contribution is 2.28. The lowest BCUT2D eigenvalue weighted by atomic mass is 9.91. The fourth-order valence-electron chi connectivity index (χ4n) is 2.88. The number of esters is 2. The van der Waals surface area contributed by atoms with Crippen LogP contribution in [0, 0.1) is 11.8 Å². The topological polar surface area (TPSA) is 55.4 Å². The quantitative estimate of drug-likeness (QED) is 0.475. The van der Waals surface area contributed by atoms with E-state index in [2.05, 4.69) is 21.9 Å². The highest BCUT2D eigenvalue weighted by atomic mass is 19.4. The van der Waals surface area contributed by atoms with Crippen molar-refractivity contribution in [2.75, 3.05) is 13.1 Å². The molecule has 1 aliphatic rings. The van der Waals surface area contributed by atoms with E-state index in [1.165, 1.54) is 12.1 Å². The number of ether oxygens (including phenoxy) is 1. The molecule has 0 unspecified atom stereocenters. The number of alkyl halides is 3. The summed E-state index contributed by atoms with van der Waals surface area (Å²) in [6.07, 6.45) is -2.86. The van der Waals surface area contributed by atoms with E-state index in [1.54, 1.807) is 6.07 Å². The predicted octanol–water partition coefficient (Wildman–Crippen LogP) is 3.71. The Balaban J connectivity index is 2.05. The SMILES string of the molecule is O=C(OC(=O)C(F)(F)F)c1cccc(C#Cc2ccccc2)c1C1=CCNCC1. The van der Waals surface area contributed by atoms with E-state index in [1.807, 2.05) is 36.4 Å². The zero-order valence-corrected chi connectivity index (χ0v) is 15.2. The van der Waals surface area contributed by atoms with E-state index in [4.69, 9.17) is 0 Å². The monoisotopic (exact) mass is 399 g/mol. The summed E-state index contributed by atoms with van der Waals surface area (Å²) in [7, 11) is 0. The van der Waals surface area contributed by atoms with Gasteiger partial charge in [-0.3, -0.25) is 0 Å². The minimum atomic E-state index is -5.26. The van der Waals surface area contributed by atoms with Gasteiger partial charge in [-0.15, -0.1) is 0 Å². The van der Waals surface area contributed by atoms with Crippen LogP contribution in [0.15, 0.2) is 54.6 Å². The van der Waals surface area contributed by atoms with Crippen molar-refractivity contribution >= 4 is 17.5 Å². The zero-order valence-electron chi connectivity index (χ0n) is 15.2. The number of nitrogens with one attached hydrogen (secondary N) is 1. The van der Waals surface area contributed by atoms with E-state index in [0.29, 0.717) is 30.6 Å². The van der Waals surface area contributed by atoms with Crippen LogP contribution in [-0.2, 0) is 9.53 Å². The Hall–Kier alpha value is -3.37.